The normalized spacial score (nSPS) is 26.1. The third kappa shape index (κ3) is 1.73. The molecule has 5 rings (SSSR count). The molecule has 0 N–H and O–H groups in total. The van der Waals surface area contributed by atoms with Gasteiger partial charge in [0.1, 0.15) is 0 Å². The molecular formula is C20H20N+. The van der Waals surface area contributed by atoms with E-state index in [0.717, 1.165) is 6.54 Å². The molecule has 2 aromatic rings. The van der Waals surface area contributed by atoms with Crippen LogP contribution >= 0.6 is 0 Å². The van der Waals surface area contributed by atoms with Crippen LogP contribution in [0.2, 0.25) is 0 Å². The quantitative estimate of drug-likeness (QED) is 0.586. The number of nitrogens with zero attached hydrogens (tertiary/aromatic N) is 1. The molecule has 3 aliphatic rings. The zero-order valence-electron chi connectivity index (χ0n) is 12.2. The molecule has 2 unspecified atom stereocenters. The lowest BCUT2D eigenvalue weighted by atomic mass is 9.63. The molecule has 2 aliphatic heterocycles. The van der Waals surface area contributed by atoms with Gasteiger partial charge in [-0.05, 0) is 23.6 Å². The molecule has 2 heterocycles. The van der Waals surface area contributed by atoms with E-state index in [0.29, 0.717) is 6.04 Å². The smallest absolute Gasteiger partial charge is 0.178 e. The molecule has 0 spiro atoms. The van der Waals surface area contributed by atoms with Crippen molar-refractivity contribution < 1.29 is 4.58 Å². The molecule has 0 fully saturated rings. The van der Waals surface area contributed by atoms with Gasteiger partial charge in [0.05, 0.1) is 5.41 Å². The van der Waals surface area contributed by atoms with Gasteiger partial charge in [-0.25, -0.2) is 4.58 Å². The highest BCUT2D eigenvalue weighted by molar-refractivity contribution is 5.79. The van der Waals surface area contributed by atoms with Crippen LogP contribution in [-0.4, -0.2) is 17.3 Å². The first kappa shape index (κ1) is 12.6. The highest BCUT2D eigenvalue weighted by Gasteiger charge is 2.50. The Labute approximate surface area is 126 Å². The summed E-state index contributed by atoms with van der Waals surface area (Å²) in [5.74, 6) is 0. The summed E-state index contributed by atoms with van der Waals surface area (Å²) in [6.45, 7) is 4.85. The van der Waals surface area contributed by atoms with Crippen molar-refractivity contribution in [2.24, 2.45) is 0 Å². The monoisotopic (exact) mass is 274 g/mol. The van der Waals surface area contributed by atoms with Crippen molar-refractivity contribution in [3.8, 4) is 0 Å². The molecule has 0 amide bonds. The Morgan fingerprint density at radius 3 is 2.67 bits per heavy atom. The Balaban J connectivity index is 1.98. The van der Waals surface area contributed by atoms with E-state index in [1.807, 2.05) is 6.08 Å². The van der Waals surface area contributed by atoms with E-state index in [4.69, 9.17) is 0 Å². The molecule has 2 aromatic carbocycles. The number of rotatable bonds is 3. The highest BCUT2D eigenvalue weighted by atomic mass is 15.1. The van der Waals surface area contributed by atoms with Crippen LogP contribution in [-0.2, 0) is 5.41 Å². The second kappa shape index (κ2) is 4.70. The van der Waals surface area contributed by atoms with E-state index < -0.39 is 0 Å². The van der Waals surface area contributed by atoms with E-state index >= 15 is 0 Å². The van der Waals surface area contributed by atoms with E-state index in [1.165, 1.54) is 29.5 Å². The minimum absolute atomic E-state index is 0.0373. The van der Waals surface area contributed by atoms with Gasteiger partial charge in [0.2, 0.25) is 0 Å². The van der Waals surface area contributed by atoms with Gasteiger partial charge in [0, 0.05) is 12.0 Å². The largest absolute Gasteiger partial charge is 0.228 e. The fourth-order valence-electron chi connectivity index (χ4n) is 4.14. The maximum Gasteiger partial charge on any atom is 0.178 e. The van der Waals surface area contributed by atoms with Crippen molar-refractivity contribution in [1.29, 1.82) is 0 Å². The zero-order valence-corrected chi connectivity index (χ0v) is 12.2. The molecule has 0 saturated carbocycles. The molecular weight excluding hydrogens is 254 g/mol. The molecule has 104 valence electrons. The van der Waals surface area contributed by atoms with Crippen LogP contribution in [0.25, 0.3) is 0 Å². The molecule has 0 radical (unpaired) electrons. The van der Waals surface area contributed by atoms with Crippen LogP contribution in [0.1, 0.15) is 35.6 Å². The molecule has 1 nitrogen and oxygen atoms in total. The lowest BCUT2D eigenvalue weighted by molar-refractivity contribution is -0.570. The second-order valence-corrected chi connectivity index (χ2v) is 6.09. The summed E-state index contributed by atoms with van der Waals surface area (Å²) in [4.78, 5) is 0. The Morgan fingerprint density at radius 2 is 1.86 bits per heavy atom. The van der Waals surface area contributed by atoms with Crippen molar-refractivity contribution in [3.63, 3.8) is 0 Å². The topological polar surface area (TPSA) is 3.01 Å². The standard InChI is InChI=1S/C20H20N/c1-2-14-21-15-20(16-8-4-3-5-9-16)13-12-19(21)17-10-6-7-11-18(17)20/h2-11,15,19H,1,12-14H2/q+1. The number of hydrogen-bond acceptors (Lipinski definition) is 0. The van der Waals surface area contributed by atoms with Crippen molar-refractivity contribution in [3.05, 3.63) is 83.9 Å². The van der Waals surface area contributed by atoms with Gasteiger partial charge in [0.15, 0.2) is 18.8 Å². The van der Waals surface area contributed by atoms with Gasteiger partial charge >= 0.3 is 0 Å². The minimum atomic E-state index is 0.0373. The number of fused-ring (bicyclic) bond motifs is 1. The predicted molar refractivity (Wildman–Crippen MR) is 87.0 cm³/mol. The molecule has 21 heavy (non-hydrogen) atoms. The van der Waals surface area contributed by atoms with Gasteiger partial charge < -0.3 is 0 Å². The third-order valence-electron chi connectivity index (χ3n) is 5.03. The summed E-state index contributed by atoms with van der Waals surface area (Å²) >= 11 is 0. The van der Waals surface area contributed by atoms with E-state index in [1.54, 1.807) is 0 Å². The zero-order chi connectivity index (χ0) is 14.3. The van der Waals surface area contributed by atoms with Crippen LogP contribution in [0.3, 0.4) is 0 Å². The SMILES string of the molecule is C=CC[N+]1=CC2(c3ccccc3)CCC1c1ccccc12. The first-order valence-electron chi connectivity index (χ1n) is 7.73. The summed E-state index contributed by atoms with van der Waals surface area (Å²) < 4.78 is 2.48. The van der Waals surface area contributed by atoms with E-state index in [9.17, 15) is 0 Å². The van der Waals surface area contributed by atoms with E-state index in [2.05, 4.69) is 72.0 Å². The summed E-state index contributed by atoms with van der Waals surface area (Å²) in [5, 5.41) is 0. The summed E-state index contributed by atoms with van der Waals surface area (Å²) in [6, 6.07) is 20.4. The second-order valence-electron chi connectivity index (χ2n) is 6.09. The van der Waals surface area contributed by atoms with Gasteiger partial charge in [-0.2, -0.15) is 0 Å². The highest BCUT2D eigenvalue weighted by Crippen LogP contribution is 2.49. The van der Waals surface area contributed by atoms with Crippen LogP contribution < -0.4 is 0 Å². The van der Waals surface area contributed by atoms with Crippen LogP contribution in [0.4, 0.5) is 0 Å². The van der Waals surface area contributed by atoms with E-state index in [-0.39, 0.29) is 5.41 Å². The van der Waals surface area contributed by atoms with Gasteiger partial charge in [-0.15, -0.1) is 0 Å². The molecule has 1 heteroatoms. The van der Waals surface area contributed by atoms with Crippen molar-refractivity contribution in [2.75, 3.05) is 6.54 Å². The summed E-state index contributed by atoms with van der Waals surface area (Å²) in [6.07, 6.45) is 6.89. The van der Waals surface area contributed by atoms with Crippen molar-refractivity contribution in [1.82, 2.24) is 0 Å². The van der Waals surface area contributed by atoms with Crippen LogP contribution in [0.15, 0.2) is 67.3 Å². The number of benzene rings is 2. The Morgan fingerprint density at radius 1 is 1.10 bits per heavy atom. The van der Waals surface area contributed by atoms with Crippen LogP contribution in [0, 0.1) is 0 Å². The lowest BCUT2D eigenvalue weighted by Crippen LogP contribution is -2.46. The Bertz CT molecular complexity index is 714. The fourth-order valence-corrected chi connectivity index (χ4v) is 4.14. The molecule has 0 aromatic heterocycles. The molecule has 2 atom stereocenters. The van der Waals surface area contributed by atoms with Gasteiger partial charge in [-0.3, -0.25) is 0 Å². The van der Waals surface area contributed by atoms with Gasteiger partial charge in [0.25, 0.3) is 0 Å². The van der Waals surface area contributed by atoms with Crippen molar-refractivity contribution >= 4 is 6.21 Å². The summed E-state index contributed by atoms with van der Waals surface area (Å²) in [7, 11) is 0. The average molecular weight is 274 g/mol. The van der Waals surface area contributed by atoms with Crippen LogP contribution in [0.5, 0.6) is 0 Å². The molecule has 2 bridgehead atoms. The fraction of sp³-hybridized carbons (Fsp3) is 0.250. The van der Waals surface area contributed by atoms with Crippen molar-refractivity contribution in [2.45, 2.75) is 24.3 Å². The Kier molecular flexibility index (Phi) is 2.81. The minimum Gasteiger partial charge on any atom is -0.228 e. The predicted octanol–water partition coefficient (Wildman–Crippen LogP) is 4.09. The first-order chi connectivity index (χ1) is 10.3. The summed E-state index contributed by atoms with van der Waals surface area (Å²) in [5.41, 5.74) is 4.43. The maximum atomic E-state index is 3.93. The molecule has 0 saturated heterocycles. The maximum absolute atomic E-state index is 3.93. The lowest BCUT2D eigenvalue weighted by Gasteiger charge is -2.42. The third-order valence-corrected chi connectivity index (χ3v) is 5.03. The Hall–Kier alpha value is -2.15. The van der Waals surface area contributed by atoms with Gasteiger partial charge in [-0.1, -0.05) is 61.2 Å². The molecule has 1 aliphatic carbocycles. The number of hydrogen-bond donors (Lipinski definition) is 0. The first-order valence-corrected chi connectivity index (χ1v) is 7.73. The average Bonchev–Trinajstić information content (AvgIpc) is 2.57.